The zero-order chi connectivity index (χ0) is 17.7. The van der Waals surface area contributed by atoms with Crippen molar-refractivity contribution in [3.05, 3.63) is 42.2 Å². The molecule has 8 heteroatoms. The minimum atomic E-state index is -2.92. The van der Waals surface area contributed by atoms with Crippen LogP contribution in [0.25, 0.3) is 0 Å². The Balaban J connectivity index is 2.47. The van der Waals surface area contributed by atoms with Gasteiger partial charge in [0.15, 0.2) is 5.69 Å². The van der Waals surface area contributed by atoms with E-state index in [4.69, 9.17) is 0 Å². The Morgan fingerprint density at radius 3 is 2.54 bits per heavy atom. The van der Waals surface area contributed by atoms with Crippen LogP contribution in [0.3, 0.4) is 0 Å². The highest BCUT2D eigenvalue weighted by Gasteiger charge is 2.19. The van der Waals surface area contributed by atoms with Crippen molar-refractivity contribution in [3.8, 4) is 11.8 Å². The fourth-order valence-electron chi connectivity index (χ4n) is 2.07. The molecular weight excluding hydrogens is 336 g/mol. The summed E-state index contributed by atoms with van der Waals surface area (Å²) in [5.74, 6) is -0.358. The number of anilines is 2. The number of nitriles is 1. The van der Waals surface area contributed by atoms with E-state index in [9.17, 15) is 18.8 Å². The molecule has 0 unspecified atom stereocenters. The third-order valence-electron chi connectivity index (χ3n) is 3.06. The first-order chi connectivity index (χ1) is 11.5. The van der Waals surface area contributed by atoms with Crippen LogP contribution in [-0.2, 0) is 4.79 Å². The Morgan fingerprint density at radius 1 is 1.38 bits per heavy atom. The van der Waals surface area contributed by atoms with Crippen LogP contribution in [0.2, 0.25) is 0 Å². The number of halogens is 2. The van der Waals surface area contributed by atoms with Crippen LogP contribution in [0.5, 0.6) is 5.75 Å². The van der Waals surface area contributed by atoms with Gasteiger partial charge in [-0.3, -0.25) is 9.69 Å². The van der Waals surface area contributed by atoms with Crippen molar-refractivity contribution in [1.29, 1.82) is 5.26 Å². The Morgan fingerprint density at radius 2 is 2.04 bits per heavy atom. The summed E-state index contributed by atoms with van der Waals surface area (Å²) < 4.78 is 28.7. The van der Waals surface area contributed by atoms with Crippen molar-refractivity contribution in [2.75, 3.05) is 11.2 Å². The lowest BCUT2D eigenvalue weighted by atomic mass is 10.2. The van der Waals surface area contributed by atoms with Crippen molar-refractivity contribution < 1.29 is 18.3 Å². The van der Waals surface area contributed by atoms with E-state index < -0.39 is 6.61 Å². The lowest BCUT2D eigenvalue weighted by Crippen LogP contribution is -2.24. The van der Waals surface area contributed by atoms with E-state index in [0.29, 0.717) is 11.4 Å². The van der Waals surface area contributed by atoms with Crippen molar-refractivity contribution in [1.82, 2.24) is 4.98 Å². The van der Waals surface area contributed by atoms with Gasteiger partial charge in [-0.2, -0.15) is 14.0 Å². The normalized spacial score (nSPS) is 10.3. The number of carbonyl (C=O) groups excluding carboxylic acids is 1. The number of hydrogen-bond donors (Lipinski definition) is 0. The molecule has 124 valence electrons. The second kappa shape index (κ2) is 7.75. The van der Waals surface area contributed by atoms with Gasteiger partial charge in [0.05, 0.1) is 5.69 Å². The second-order valence-electron chi connectivity index (χ2n) is 4.58. The molecule has 0 radical (unpaired) electrons. The van der Waals surface area contributed by atoms with Crippen LogP contribution in [0.4, 0.5) is 20.2 Å². The molecule has 1 aromatic carbocycles. The lowest BCUT2D eigenvalue weighted by molar-refractivity contribution is -0.115. The summed E-state index contributed by atoms with van der Waals surface area (Å²) in [7, 11) is 0. The van der Waals surface area contributed by atoms with Crippen molar-refractivity contribution in [3.63, 3.8) is 0 Å². The summed E-state index contributed by atoms with van der Waals surface area (Å²) in [5.41, 5.74) is 0.843. The fraction of sp³-hybridized carbons (Fsp3) is 0.188. The molecule has 0 spiro atoms. The number of benzene rings is 1. The van der Waals surface area contributed by atoms with Gasteiger partial charge in [0, 0.05) is 23.7 Å². The highest BCUT2D eigenvalue weighted by molar-refractivity contribution is 7.98. The van der Waals surface area contributed by atoms with Crippen molar-refractivity contribution in [2.45, 2.75) is 18.4 Å². The first-order valence-corrected chi connectivity index (χ1v) is 7.98. The zero-order valence-electron chi connectivity index (χ0n) is 12.9. The maximum absolute atomic E-state index is 12.2. The Hall–Kier alpha value is -2.66. The van der Waals surface area contributed by atoms with E-state index in [2.05, 4.69) is 9.72 Å². The van der Waals surface area contributed by atoms with Crippen LogP contribution in [0, 0.1) is 11.3 Å². The number of alkyl halides is 2. The van der Waals surface area contributed by atoms with Gasteiger partial charge in [-0.15, -0.1) is 11.8 Å². The number of ether oxygens (including phenoxy) is 1. The first kappa shape index (κ1) is 17.7. The number of thioether (sulfide) groups is 1. The molecule has 0 atom stereocenters. The van der Waals surface area contributed by atoms with Gasteiger partial charge in [-0.1, -0.05) is 0 Å². The molecule has 2 rings (SSSR count). The summed E-state index contributed by atoms with van der Waals surface area (Å²) in [4.78, 5) is 18.2. The van der Waals surface area contributed by atoms with Crippen molar-refractivity contribution >= 4 is 29.0 Å². The van der Waals surface area contributed by atoms with Gasteiger partial charge >= 0.3 is 6.61 Å². The van der Waals surface area contributed by atoms with Crippen LogP contribution in [-0.4, -0.2) is 23.8 Å². The maximum Gasteiger partial charge on any atom is 0.387 e. The second-order valence-corrected chi connectivity index (χ2v) is 5.46. The molecule has 0 saturated heterocycles. The summed E-state index contributed by atoms with van der Waals surface area (Å²) in [6.45, 7) is -1.58. The molecule has 0 bridgehead atoms. The van der Waals surface area contributed by atoms with Crippen LogP contribution in [0.15, 0.2) is 41.4 Å². The molecule has 1 amide bonds. The van der Waals surface area contributed by atoms with E-state index >= 15 is 0 Å². The number of hydrogen-bond acceptors (Lipinski definition) is 5. The summed E-state index contributed by atoms with van der Waals surface area (Å²) in [6.07, 6.45) is 3.39. The van der Waals surface area contributed by atoms with Crippen LogP contribution in [0.1, 0.15) is 12.6 Å². The van der Waals surface area contributed by atoms with Gasteiger partial charge < -0.3 is 4.74 Å². The van der Waals surface area contributed by atoms with Gasteiger partial charge in [-0.25, -0.2) is 4.98 Å². The highest BCUT2D eigenvalue weighted by atomic mass is 32.2. The fourth-order valence-corrected chi connectivity index (χ4v) is 2.46. The van der Waals surface area contributed by atoms with Crippen molar-refractivity contribution in [2.24, 2.45) is 0 Å². The van der Waals surface area contributed by atoms with E-state index in [1.807, 2.05) is 12.3 Å². The predicted octanol–water partition coefficient (Wildman–Crippen LogP) is 3.96. The maximum atomic E-state index is 12.2. The Labute approximate surface area is 141 Å². The van der Waals surface area contributed by atoms with Crippen LogP contribution >= 0.6 is 11.8 Å². The molecule has 1 heterocycles. The molecule has 24 heavy (non-hydrogen) atoms. The smallest absolute Gasteiger partial charge is 0.387 e. The largest absolute Gasteiger partial charge is 0.435 e. The molecule has 0 saturated carbocycles. The first-order valence-electron chi connectivity index (χ1n) is 6.76. The van der Waals surface area contributed by atoms with E-state index in [0.717, 1.165) is 4.90 Å². The Bertz CT molecular complexity index is 776. The number of nitrogens with zero attached hydrogens (tertiary/aromatic N) is 3. The van der Waals surface area contributed by atoms with E-state index in [1.165, 1.54) is 47.9 Å². The molecule has 2 aromatic rings. The number of rotatable bonds is 5. The number of amides is 1. The summed E-state index contributed by atoms with van der Waals surface area (Å²) >= 11 is 1.42. The van der Waals surface area contributed by atoms with E-state index in [1.54, 1.807) is 12.3 Å². The monoisotopic (exact) mass is 349 g/mol. The molecule has 0 N–H and O–H groups in total. The number of aromatic nitrogens is 1. The zero-order valence-corrected chi connectivity index (χ0v) is 13.7. The van der Waals surface area contributed by atoms with Gasteiger partial charge in [0.25, 0.3) is 0 Å². The molecule has 0 aliphatic carbocycles. The predicted molar refractivity (Wildman–Crippen MR) is 86.6 cm³/mol. The molecular formula is C16H13F2N3O2S. The average Bonchev–Trinajstić information content (AvgIpc) is 2.55. The minimum absolute atomic E-state index is 0.0197. The molecule has 0 aliphatic heterocycles. The SMILES string of the molecule is CSc1cnc(C#N)c(N(C(C)=O)c2ccc(OC(F)F)cc2)c1. The quantitative estimate of drug-likeness (QED) is 0.765. The van der Waals surface area contributed by atoms with Gasteiger partial charge in [0.2, 0.25) is 5.91 Å². The minimum Gasteiger partial charge on any atom is -0.435 e. The average molecular weight is 349 g/mol. The highest BCUT2D eigenvalue weighted by Crippen LogP contribution is 2.32. The summed E-state index contributed by atoms with van der Waals surface area (Å²) in [6, 6.07) is 9.22. The third kappa shape index (κ3) is 4.00. The Kier molecular flexibility index (Phi) is 5.71. The molecule has 0 aliphatic rings. The molecule has 5 nitrogen and oxygen atoms in total. The lowest BCUT2D eigenvalue weighted by Gasteiger charge is -2.22. The standard InChI is InChI=1S/C16H13F2N3O2S/c1-10(22)21(11-3-5-12(6-4-11)23-16(17)18)15-7-13(24-2)9-20-14(15)8-19/h3-7,9,16H,1-2H3. The summed E-state index contributed by atoms with van der Waals surface area (Å²) in [5, 5.41) is 9.24. The number of carbonyl (C=O) groups is 1. The van der Waals surface area contributed by atoms with Gasteiger partial charge in [-0.05, 0) is 36.6 Å². The topological polar surface area (TPSA) is 66.2 Å². The van der Waals surface area contributed by atoms with Gasteiger partial charge in [0.1, 0.15) is 11.8 Å². The van der Waals surface area contributed by atoms with Crippen LogP contribution < -0.4 is 9.64 Å². The van der Waals surface area contributed by atoms with E-state index in [-0.39, 0.29) is 17.4 Å². The number of pyridine rings is 1. The third-order valence-corrected chi connectivity index (χ3v) is 3.75. The molecule has 1 aromatic heterocycles. The molecule has 0 fully saturated rings.